The number of halogens is 2. The van der Waals surface area contributed by atoms with Crippen LogP contribution in [0, 0.1) is 17.1 Å². The smallest absolute Gasteiger partial charge is 0.407 e. The van der Waals surface area contributed by atoms with Gasteiger partial charge in [0.2, 0.25) is 0 Å². The fourth-order valence-electron chi connectivity index (χ4n) is 3.62. The highest BCUT2D eigenvalue weighted by molar-refractivity contribution is 5.89. The molecule has 0 spiro atoms. The number of alkyl carbamates (subject to hydrolysis) is 1. The molecule has 2 heterocycles. The zero-order chi connectivity index (χ0) is 28.2. The topological polar surface area (TPSA) is 165 Å². The third-order valence-electron chi connectivity index (χ3n) is 5.20. The lowest BCUT2D eigenvalue weighted by Crippen LogP contribution is -2.32. The molecule has 1 atom stereocenters. The number of nitrogens with one attached hydrogen (secondary N) is 1. The third kappa shape index (κ3) is 6.33. The van der Waals surface area contributed by atoms with Crippen LogP contribution < -0.4 is 15.8 Å². The predicted octanol–water partition coefficient (Wildman–Crippen LogP) is 3.89. The molecule has 0 saturated carbocycles. The number of aromatic nitrogens is 3. The first kappa shape index (κ1) is 27.9. The van der Waals surface area contributed by atoms with E-state index >= 15 is 0 Å². The number of nitrogens with zero attached hydrogens (tertiary/aromatic N) is 4. The van der Waals surface area contributed by atoms with Gasteiger partial charge in [0, 0.05) is 29.9 Å². The summed E-state index contributed by atoms with van der Waals surface area (Å²) < 4.78 is 40.1. The maximum Gasteiger partial charge on any atom is 0.407 e. The van der Waals surface area contributed by atoms with Crippen LogP contribution in [0.25, 0.3) is 11.1 Å². The Bertz CT molecular complexity index is 1410. The Kier molecular flexibility index (Phi) is 8.15. The standard InChI is InChI=1S/C25H26F2N6O5/c1-25(2,3)38-24(36)31-12-17-21(18(10-28)33(4)32-17)13-7-19(22(29)30-11-13)37-20(9-26)16-8-14(27)5-6-15(16)23(34)35/h5-8,11,20H,9,12H2,1-4H3,(H2,29,30)(H,31,36)(H,34,35). The van der Waals surface area contributed by atoms with Crippen LogP contribution in [0.1, 0.15) is 54.2 Å². The van der Waals surface area contributed by atoms with E-state index in [-0.39, 0.29) is 34.9 Å². The summed E-state index contributed by atoms with van der Waals surface area (Å²) in [5, 5.41) is 26.0. The van der Waals surface area contributed by atoms with Crippen molar-refractivity contribution in [2.24, 2.45) is 7.05 Å². The van der Waals surface area contributed by atoms with Gasteiger partial charge in [0.1, 0.15) is 29.9 Å². The molecule has 0 saturated heterocycles. The van der Waals surface area contributed by atoms with Gasteiger partial charge >= 0.3 is 12.1 Å². The van der Waals surface area contributed by atoms with Gasteiger partial charge < -0.3 is 25.6 Å². The van der Waals surface area contributed by atoms with E-state index in [1.54, 1.807) is 20.8 Å². The number of hydrogen-bond acceptors (Lipinski definition) is 8. The first-order valence-electron chi connectivity index (χ1n) is 11.3. The van der Waals surface area contributed by atoms with Gasteiger partial charge in [0.25, 0.3) is 0 Å². The number of alkyl halides is 1. The minimum absolute atomic E-state index is 0.0985. The molecule has 200 valence electrons. The number of nitrogen functional groups attached to an aromatic ring is 1. The van der Waals surface area contributed by atoms with Crippen LogP contribution in [-0.4, -0.2) is 44.2 Å². The Labute approximate surface area is 216 Å². The number of aromatic carboxylic acids is 1. The number of pyridine rings is 1. The largest absolute Gasteiger partial charge is 0.479 e. The second-order valence-electron chi connectivity index (χ2n) is 9.17. The number of anilines is 1. The van der Waals surface area contributed by atoms with E-state index in [2.05, 4.69) is 15.4 Å². The van der Waals surface area contributed by atoms with Crippen LogP contribution in [0.5, 0.6) is 5.75 Å². The SMILES string of the molecule is Cn1nc(CNC(=O)OC(C)(C)C)c(-c2cnc(N)c(OC(CF)c3cc(F)ccc3C(=O)O)c2)c1C#N. The van der Waals surface area contributed by atoms with Gasteiger partial charge in [-0.2, -0.15) is 10.4 Å². The van der Waals surface area contributed by atoms with Gasteiger partial charge in [0.15, 0.2) is 17.7 Å². The number of nitrogens with two attached hydrogens (primary N) is 1. The van der Waals surface area contributed by atoms with Gasteiger partial charge in [-0.05, 0) is 45.0 Å². The van der Waals surface area contributed by atoms with Gasteiger partial charge in [-0.25, -0.2) is 23.4 Å². The highest BCUT2D eigenvalue weighted by Gasteiger charge is 2.25. The van der Waals surface area contributed by atoms with Gasteiger partial charge in [-0.15, -0.1) is 0 Å². The van der Waals surface area contributed by atoms with E-state index in [1.165, 1.54) is 24.0 Å². The Morgan fingerprint density at radius 2 is 2.03 bits per heavy atom. The molecule has 13 heteroatoms. The van der Waals surface area contributed by atoms with Crippen molar-refractivity contribution in [2.75, 3.05) is 12.4 Å². The van der Waals surface area contributed by atoms with E-state index in [9.17, 15) is 28.7 Å². The second-order valence-corrected chi connectivity index (χ2v) is 9.17. The molecule has 0 fully saturated rings. The fourth-order valence-corrected chi connectivity index (χ4v) is 3.62. The number of nitriles is 1. The second kappa shape index (κ2) is 11.1. The number of carboxylic acids is 1. The summed E-state index contributed by atoms with van der Waals surface area (Å²) >= 11 is 0. The molecule has 1 unspecified atom stereocenters. The summed E-state index contributed by atoms with van der Waals surface area (Å²) in [7, 11) is 1.54. The van der Waals surface area contributed by atoms with E-state index in [0.29, 0.717) is 16.8 Å². The van der Waals surface area contributed by atoms with Crippen molar-refractivity contribution in [1.29, 1.82) is 5.26 Å². The summed E-state index contributed by atoms with van der Waals surface area (Å²) in [6.07, 6.45) is -0.872. The molecule has 1 amide bonds. The van der Waals surface area contributed by atoms with Crippen molar-refractivity contribution in [3.05, 3.63) is 58.8 Å². The number of aryl methyl sites for hydroxylation is 1. The van der Waals surface area contributed by atoms with Crippen LogP contribution in [0.3, 0.4) is 0 Å². The Morgan fingerprint density at radius 1 is 1.32 bits per heavy atom. The van der Waals surface area contributed by atoms with Crippen LogP contribution in [0.2, 0.25) is 0 Å². The molecule has 38 heavy (non-hydrogen) atoms. The molecule has 3 aromatic rings. The molecule has 4 N–H and O–H groups in total. The number of benzene rings is 1. The summed E-state index contributed by atoms with van der Waals surface area (Å²) in [5.74, 6) is -2.46. The van der Waals surface area contributed by atoms with E-state index < -0.39 is 36.3 Å². The first-order valence-corrected chi connectivity index (χ1v) is 11.3. The van der Waals surface area contributed by atoms with Crippen molar-refractivity contribution in [1.82, 2.24) is 20.1 Å². The number of ether oxygens (including phenoxy) is 2. The van der Waals surface area contributed by atoms with E-state index in [4.69, 9.17) is 15.2 Å². The first-order chi connectivity index (χ1) is 17.8. The quantitative estimate of drug-likeness (QED) is 0.393. The van der Waals surface area contributed by atoms with Crippen LogP contribution in [-0.2, 0) is 18.3 Å². The minimum Gasteiger partial charge on any atom is -0.479 e. The lowest BCUT2D eigenvalue weighted by Gasteiger charge is -2.20. The molecule has 0 aliphatic rings. The minimum atomic E-state index is -1.52. The Hall–Kier alpha value is -4.73. The lowest BCUT2D eigenvalue weighted by molar-refractivity contribution is 0.0522. The summed E-state index contributed by atoms with van der Waals surface area (Å²) in [6, 6.07) is 6.23. The molecule has 0 radical (unpaired) electrons. The van der Waals surface area contributed by atoms with Gasteiger partial charge in [0.05, 0.1) is 17.8 Å². The maximum atomic E-state index is 14.0. The van der Waals surface area contributed by atoms with Crippen molar-refractivity contribution in [2.45, 2.75) is 39.0 Å². The highest BCUT2D eigenvalue weighted by atomic mass is 19.1. The highest BCUT2D eigenvalue weighted by Crippen LogP contribution is 2.34. The summed E-state index contributed by atoms with van der Waals surface area (Å²) in [4.78, 5) is 27.8. The number of carboxylic acid groups (broad SMARTS) is 1. The number of carbonyl (C=O) groups is 2. The van der Waals surface area contributed by atoms with Crippen molar-refractivity contribution in [3.63, 3.8) is 0 Å². The molecule has 11 nitrogen and oxygen atoms in total. The zero-order valence-corrected chi connectivity index (χ0v) is 21.1. The number of carbonyl (C=O) groups excluding carboxylic acids is 1. The number of hydrogen-bond donors (Lipinski definition) is 3. The van der Waals surface area contributed by atoms with Crippen LogP contribution >= 0.6 is 0 Å². The van der Waals surface area contributed by atoms with Crippen molar-refractivity contribution in [3.8, 4) is 22.9 Å². The monoisotopic (exact) mass is 528 g/mol. The average Bonchev–Trinajstić information content (AvgIpc) is 3.15. The van der Waals surface area contributed by atoms with Crippen molar-refractivity contribution >= 4 is 17.9 Å². The fraction of sp³-hybridized carbons (Fsp3) is 0.320. The molecule has 0 aliphatic carbocycles. The summed E-state index contributed by atoms with van der Waals surface area (Å²) in [5.41, 5.74) is 5.67. The zero-order valence-electron chi connectivity index (χ0n) is 21.1. The molecule has 2 aromatic heterocycles. The van der Waals surface area contributed by atoms with Crippen LogP contribution in [0.15, 0.2) is 30.5 Å². The third-order valence-corrected chi connectivity index (χ3v) is 5.20. The Morgan fingerprint density at radius 3 is 2.63 bits per heavy atom. The van der Waals surface area contributed by atoms with E-state index in [1.807, 2.05) is 6.07 Å². The molecular weight excluding hydrogens is 502 g/mol. The molecule has 0 bridgehead atoms. The number of amides is 1. The predicted molar refractivity (Wildman–Crippen MR) is 131 cm³/mol. The molecule has 3 rings (SSSR count). The normalized spacial score (nSPS) is 11.9. The van der Waals surface area contributed by atoms with Crippen LogP contribution in [0.4, 0.5) is 19.4 Å². The Balaban J connectivity index is 2.00. The maximum absolute atomic E-state index is 14.0. The van der Waals surface area contributed by atoms with Gasteiger partial charge in [-0.1, -0.05) is 0 Å². The lowest BCUT2D eigenvalue weighted by atomic mass is 10.0. The molecule has 0 aliphatic heterocycles. The summed E-state index contributed by atoms with van der Waals surface area (Å²) in [6.45, 7) is 3.83. The van der Waals surface area contributed by atoms with Gasteiger partial charge in [-0.3, -0.25) is 4.68 Å². The average molecular weight is 529 g/mol. The van der Waals surface area contributed by atoms with Crippen molar-refractivity contribution < 1.29 is 33.0 Å². The molecular formula is C25H26F2N6O5. The molecule has 1 aromatic carbocycles. The van der Waals surface area contributed by atoms with E-state index in [0.717, 1.165) is 18.2 Å². The number of rotatable bonds is 8.